The zero-order valence-electron chi connectivity index (χ0n) is 14.0. The number of rotatable bonds is 3. The second-order valence-electron chi connectivity index (χ2n) is 7.79. The van der Waals surface area contributed by atoms with Crippen molar-refractivity contribution in [1.29, 1.82) is 0 Å². The molecule has 0 aliphatic carbocycles. The molecule has 0 saturated heterocycles. The van der Waals surface area contributed by atoms with Crippen LogP contribution in [0.5, 0.6) is 0 Å². The maximum absolute atomic E-state index is 6.55. The highest BCUT2D eigenvalue weighted by Gasteiger charge is 2.41. The van der Waals surface area contributed by atoms with Gasteiger partial charge in [-0.15, -0.1) is 0 Å². The van der Waals surface area contributed by atoms with Crippen molar-refractivity contribution in [2.24, 2.45) is 0 Å². The number of benzene rings is 1. The number of hydrogen-bond acceptors (Lipinski definition) is 2. The predicted octanol–water partition coefficient (Wildman–Crippen LogP) is 5.99. The molecule has 0 atom stereocenters. The molecule has 0 aliphatic rings. The van der Waals surface area contributed by atoms with Crippen LogP contribution in [0.4, 0.5) is 5.69 Å². The first-order valence-corrected chi connectivity index (χ1v) is 10.8. The molecular weight excluding hydrogens is 330 g/mol. The van der Waals surface area contributed by atoms with Gasteiger partial charge in [0.25, 0.3) is 0 Å². The Morgan fingerprint density at radius 1 is 0.950 bits per heavy atom. The van der Waals surface area contributed by atoms with Gasteiger partial charge in [-0.1, -0.05) is 36.7 Å². The topological polar surface area (TPSA) is 12.5 Å². The summed E-state index contributed by atoms with van der Waals surface area (Å²) in [5.41, 5.74) is 1.02. The second-order valence-corrected chi connectivity index (χ2v) is 13.4. The van der Waals surface area contributed by atoms with Gasteiger partial charge in [0.1, 0.15) is 0 Å². The van der Waals surface area contributed by atoms with E-state index in [9.17, 15) is 0 Å². The van der Waals surface area contributed by atoms with E-state index in [4.69, 9.17) is 4.53 Å². The van der Waals surface area contributed by atoms with Gasteiger partial charge in [0.15, 0.2) is 0 Å². The number of nitrogens with zero attached hydrogens (tertiary/aromatic N) is 1. The fourth-order valence-corrected chi connectivity index (χ4v) is 2.89. The molecular formula is C16H28BrNOSi. The maximum atomic E-state index is 6.55. The largest absolute Gasteiger partial charge is 0.319 e. The Morgan fingerprint density at radius 2 is 1.40 bits per heavy atom. The molecule has 0 amide bonds. The molecule has 0 unspecified atom stereocenters. The van der Waals surface area contributed by atoms with E-state index in [1.54, 1.807) is 0 Å². The van der Waals surface area contributed by atoms with Gasteiger partial charge in [0, 0.05) is 4.47 Å². The Kier molecular flexibility index (Phi) is 5.16. The molecule has 0 aromatic heterocycles. The van der Waals surface area contributed by atoms with Gasteiger partial charge in [0.05, 0.1) is 11.2 Å². The van der Waals surface area contributed by atoms with Crippen molar-refractivity contribution in [2.75, 3.05) is 5.06 Å². The van der Waals surface area contributed by atoms with Crippen LogP contribution in [-0.2, 0) is 4.53 Å². The van der Waals surface area contributed by atoms with E-state index in [0.29, 0.717) is 0 Å². The quantitative estimate of drug-likeness (QED) is 0.486. The van der Waals surface area contributed by atoms with Crippen molar-refractivity contribution in [3.05, 3.63) is 28.7 Å². The third-order valence-corrected chi connectivity index (χ3v) is 8.58. The molecule has 0 bridgehead atoms. The average molecular weight is 358 g/mol. The van der Waals surface area contributed by atoms with Gasteiger partial charge in [-0.2, -0.15) is 0 Å². The predicted molar refractivity (Wildman–Crippen MR) is 94.7 cm³/mol. The van der Waals surface area contributed by atoms with E-state index in [2.05, 4.69) is 99.9 Å². The summed E-state index contributed by atoms with van der Waals surface area (Å²) in [4.78, 5) is 0. The first-order valence-electron chi connectivity index (χ1n) is 7.09. The van der Waals surface area contributed by atoms with E-state index >= 15 is 0 Å². The Balaban J connectivity index is 3.13. The molecule has 1 aromatic rings. The lowest BCUT2D eigenvalue weighted by Gasteiger charge is -2.45. The number of hydrogen-bond donors (Lipinski definition) is 0. The van der Waals surface area contributed by atoms with Gasteiger partial charge in [-0.05, 0) is 63.2 Å². The molecule has 0 heterocycles. The molecule has 0 saturated carbocycles. The van der Waals surface area contributed by atoms with Crippen LogP contribution >= 0.6 is 15.9 Å². The fraction of sp³-hybridized carbons (Fsp3) is 0.625. The normalized spacial score (nSPS) is 13.4. The van der Waals surface area contributed by atoms with Gasteiger partial charge in [0.2, 0.25) is 8.32 Å². The lowest BCUT2D eigenvalue weighted by molar-refractivity contribution is 0.185. The Morgan fingerprint density at radius 3 is 1.75 bits per heavy atom. The molecule has 0 spiro atoms. The lowest BCUT2D eigenvalue weighted by atomic mass is 10.1. The average Bonchev–Trinajstić information content (AvgIpc) is 2.24. The van der Waals surface area contributed by atoms with Crippen LogP contribution in [0.1, 0.15) is 41.5 Å². The van der Waals surface area contributed by atoms with Crippen LogP contribution in [0.15, 0.2) is 28.7 Å². The summed E-state index contributed by atoms with van der Waals surface area (Å²) in [6, 6.07) is 8.32. The molecule has 2 nitrogen and oxygen atoms in total. The first kappa shape index (κ1) is 17.7. The van der Waals surface area contributed by atoms with E-state index in [1.807, 2.05) is 0 Å². The van der Waals surface area contributed by atoms with Crippen molar-refractivity contribution < 1.29 is 4.53 Å². The minimum atomic E-state index is -1.86. The minimum Gasteiger partial charge on any atom is -0.319 e. The summed E-state index contributed by atoms with van der Waals surface area (Å²) in [7, 11) is -1.86. The molecule has 1 rings (SSSR count). The van der Waals surface area contributed by atoms with Crippen LogP contribution in [0.3, 0.4) is 0 Å². The third-order valence-electron chi connectivity index (χ3n) is 3.80. The highest BCUT2D eigenvalue weighted by Crippen LogP contribution is 2.39. The van der Waals surface area contributed by atoms with Crippen LogP contribution in [0, 0.1) is 0 Å². The lowest BCUT2D eigenvalue weighted by Crippen LogP contribution is -2.52. The SMILES string of the molecule is CC(C)(C)N(O[Si](C)(C)C(C)(C)C)c1ccc(Br)cc1. The van der Waals surface area contributed by atoms with Crippen molar-refractivity contribution >= 4 is 29.9 Å². The van der Waals surface area contributed by atoms with Crippen molar-refractivity contribution in [1.82, 2.24) is 0 Å². The first-order chi connectivity index (χ1) is 8.84. The van der Waals surface area contributed by atoms with Gasteiger partial charge in [-0.25, -0.2) is 0 Å². The van der Waals surface area contributed by atoms with Gasteiger partial charge in [-0.3, -0.25) is 5.06 Å². The summed E-state index contributed by atoms with van der Waals surface area (Å²) >= 11 is 3.49. The Bertz CT molecular complexity index is 443. The zero-order chi connectivity index (χ0) is 15.8. The minimum absolute atomic E-state index is 0.0800. The Labute approximate surface area is 133 Å². The van der Waals surface area contributed by atoms with Crippen LogP contribution in [-0.4, -0.2) is 13.9 Å². The van der Waals surface area contributed by atoms with E-state index < -0.39 is 8.32 Å². The maximum Gasteiger partial charge on any atom is 0.228 e. The highest BCUT2D eigenvalue weighted by atomic mass is 79.9. The second kappa shape index (κ2) is 5.82. The van der Waals surface area contributed by atoms with E-state index in [1.165, 1.54) is 0 Å². The monoisotopic (exact) mass is 357 g/mol. The summed E-state index contributed by atoms with van der Waals surface area (Å²) in [6.07, 6.45) is 0. The molecule has 0 fully saturated rings. The summed E-state index contributed by atoms with van der Waals surface area (Å²) in [5.74, 6) is 0. The Hall–Kier alpha value is -0.323. The summed E-state index contributed by atoms with van der Waals surface area (Å²) in [6.45, 7) is 17.9. The van der Waals surface area contributed by atoms with Crippen molar-refractivity contribution in [3.8, 4) is 0 Å². The molecule has 114 valence electrons. The number of anilines is 1. The van der Waals surface area contributed by atoms with Crippen LogP contribution < -0.4 is 5.06 Å². The zero-order valence-corrected chi connectivity index (χ0v) is 16.6. The number of hydroxylamine groups is 1. The van der Waals surface area contributed by atoms with Crippen molar-refractivity contribution in [2.45, 2.75) is 65.2 Å². The smallest absolute Gasteiger partial charge is 0.228 e. The van der Waals surface area contributed by atoms with Gasteiger partial charge < -0.3 is 4.53 Å². The third kappa shape index (κ3) is 4.33. The summed E-state index contributed by atoms with van der Waals surface area (Å²) in [5, 5.41) is 2.27. The number of halogens is 1. The highest BCUT2D eigenvalue weighted by molar-refractivity contribution is 9.10. The van der Waals surface area contributed by atoms with E-state index in [-0.39, 0.29) is 10.6 Å². The van der Waals surface area contributed by atoms with Crippen LogP contribution in [0.25, 0.3) is 0 Å². The fourth-order valence-electron chi connectivity index (χ4n) is 1.52. The standard InChI is InChI=1S/C16H28BrNOSi/c1-15(2,3)18(14-11-9-13(17)10-12-14)19-20(7,8)16(4,5)6/h9-12H,1-8H3. The van der Waals surface area contributed by atoms with Gasteiger partial charge >= 0.3 is 0 Å². The molecule has 0 radical (unpaired) electrons. The van der Waals surface area contributed by atoms with Crippen LogP contribution in [0.2, 0.25) is 18.1 Å². The molecule has 1 aromatic carbocycles. The molecule has 0 aliphatic heterocycles. The van der Waals surface area contributed by atoms with Crippen molar-refractivity contribution in [3.63, 3.8) is 0 Å². The van der Waals surface area contributed by atoms with E-state index in [0.717, 1.165) is 10.2 Å². The molecule has 20 heavy (non-hydrogen) atoms. The summed E-state index contributed by atoms with van der Waals surface area (Å²) < 4.78 is 7.64. The molecule has 0 N–H and O–H groups in total. The molecule has 4 heteroatoms.